The van der Waals surface area contributed by atoms with Gasteiger partial charge < -0.3 is 15.1 Å². The molecule has 132 valence electrons. The maximum Gasteiger partial charge on any atom is 0.247 e. The molecule has 1 amide bonds. The zero-order valence-corrected chi connectivity index (χ0v) is 16.0. The topological polar surface area (TPSA) is 101 Å². The minimum absolute atomic E-state index is 0.0648. The predicted octanol–water partition coefficient (Wildman–Crippen LogP) is 1.12. The fourth-order valence-corrected chi connectivity index (χ4v) is 2.01. The summed E-state index contributed by atoms with van der Waals surface area (Å²) in [6, 6.07) is 0. The Morgan fingerprint density at radius 3 is 1.79 bits per heavy atom. The van der Waals surface area contributed by atoms with Crippen molar-refractivity contribution in [3.05, 3.63) is 0 Å². The Hall–Kier alpha value is -1.76. The number of carbonyl (C=O) groups excluding carboxylic acids is 1. The zero-order chi connectivity index (χ0) is 18.7. The number of hydrogen-bond donors (Lipinski definition) is 1. The fraction of sp³-hybridized carbons (Fsp3) is 0.583. The summed E-state index contributed by atoms with van der Waals surface area (Å²) >= 11 is 17.7. The molecular formula is C12H17Cl3N8O. The molecule has 1 rings (SSSR count). The molecule has 9 nitrogen and oxygen atoms in total. The number of nitriles is 1. The van der Waals surface area contributed by atoms with Gasteiger partial charge in [-0.3, -0.25) is 4.79 Å². The third-order valence-electron chi connectivity index (χ3n) is 2.63. The quantitative estimate of drug-likeness (QED) is 0.342. The molecule has 0 aromatic carbocycles. The highest BCUT2D eigenvalue weighted by Gasteiger charge is 2.40. The second-order valence-electron chi connectivity index (χ2n) is 5.14. The molecule has 0 spiro atoms. The summed E-state index contributed by atoms with van der Waals surface area (Å²) in [4.78, 5) is 28.2. The SMILES string of the molecule is CC(=O)N[C@@H](N(C#N)c1nc(N(C)C)nc(N(C)C)n1)C(Cl)(Cl)Cl. The van der Waals surface area contributed by atoms with E-state index in [0.717, 1.165) is 4.90 Å². The molecule has 0 fully saturated rings. The Morgan fingerprint density at radius 2 is 1.50 bits per heavy atom. The molecule has 0 aliphatic carbocycles. The molecule has 0 bridgehead atoms. The van der Waals surface area contributed by atoms with Crippen molar-refractivity contribution < 1.29 is 4.79 Å². The molecule has 1 aromatic rings. The molecule has 1 heterocycles. The van der Waals surface area contributed by atoms with E-state index in [1.165, 1.54) is 6.92 Å². The van der Waals surface area contributed by atoms with E-state index in [1.54, 1.807) is 38.0 Å². The van der Waals surface area contributed by atoms with Crippen molar-refractivity contribution in [2.75, 3.05) is 42.9 Å². The van der Waals surface area contributed by atoms with Crippen LogP contribution in [-0.4, -0.2) is 59.0 Å². The normalized spacial score (nSPS) is 12.1. The lowest BCUT2D eigenvalue weighted by Gasteiger charge is -2.31. The van der Waals surface area contributed by atoms with E-state index in [-0.39, 0.29) is 5.95 Å². The number of alkyl halides is 3. The smallest absolute Gasteiger partial charge is 0.247 e. The summed E-state index contributed by atoms with van der Waals surface area (Å²) in [5.41, 5.74) is 0. The van der Waals surface area contributed by atoms with Crippen molar-refractivity contribution in [3.63, 3.8) is 0 Å². The number of aromatic nitrogens is 3. The Labute approximate surface area is 155 Å². The largest absolute Gasteiger partial charge is 0.347 e. The molecule has 0 aliphatic heterocycles. The van der Waals surface area contributed by atoms with Crippen molar-refractivity contribution >= 4 is 58.6 Å². The van der Waals surface area contributed by atoms with Crippen molar-refractivity contribution in [1.29, 1.82) is 5.26 Å². The summed E-state index contributed by atoms with van der Waals surface area (Å²) in [5, 5.41) is 11.9. The Morgan fingerprint density at radius 1 is 1.08 bits per heavy atom. The Bertz CT molecular complexity index is 614. The van der Waals surface area contributed by atoms with Crippen LogP contribution in [0.25, 0.3) is 0 Å². The van der Waals surface area contributed by atoms with Crippen LogP contribution in [0.4, 0.5) is 17.8 Å². The standard InChI is InChI=1S/C12H17Cl3N8O/c1-7(24)17-8(12(13,14)15)23(6-16)11-19-9(21(2)3)18-10(20-11)22(4)5/h8H,1-5H3,(H,17,24)/t8-/m0/s1. The van der Waals surface area contributed by atoms with Gasteiger partial charge in [0.15, 0.2) is 12.4 Å². The van der Waals surface area contributed by atoms with Crippen molar-refractivity contribution in [2.24, 2.45) is 0 Å². The number of hydrogen-bond acceptors (Lipinski definition) is 8. The van der Waals surface area contributed by atoms with Gasteiger partial charge in [-0.2, -0.15) is 20.2 Å². The van der Waals surface area contributed by atoms with E-state index in [2.05, 4.69) is 20.3 Å². The molecule has 0 saturated heterocycles. The van der Waals surface area contributed by atoms with Gasteiger partial charge in [0.2, 0.25) is 27.5 Å². The lowest BCUT2D eigenvalue weighted by molar-refractivity contribution is -0.119. The number of nitrogens with one attached hydrogen (secondary N) is 1. The van der Waals surface area contributed by atoms with Gasteiger partial charge in [-0.05, 0) is 0 Å². The van der Waals surface area contributed by atoms with Gasteiger partial charge in [0.1, 0.15) is 0 Å². The van der Waals surface area contributed by atoms with Crippen molar-refractivity contribution in [3.8, 4) is 6.19 Å². The van der Waals surface area contributed by atoms with Crippen LogP contribution in [0.2, 0.25) is 0 Å². The molecule has 24 heavy (non-hydrogen) atoms. The lowest BCUT2D eigenvalue weighted by atomic mass is 10.4. The van der Waals surface area contributed by atoms with Crippen LogP contribution in [0.15, 0.2) is 0 Å². The summed E-state index contributed by atoms with van der Waals surface area (Å²) in [5.74, 6) is 0.0518. The summed E-state index contributed by atoms with van der Waals surface area (Å²) in [7, 11) is 6.93. The van der Waals surface area contributed by atoms with Crippen molar-refractivity contribution in [2.45, 2.75) is 16.9 Å². The molecular weight excluding hydrogens is 379 g/mol. The van der Waals surface area contributed by atoms with Crippen LogP contribution in [-0.2, 0) is 4.79 Å². The van der Waals surface area contributed by atoms with Crippen LogP contribution in [0.5, 0.6) is 0 Å². The minimum Gasteiger partial charge on any atom is -0.347 e. The number of anilines is 3. The molecule has 0 aliphatic rings. The average molecular weight is 396 g/mol. The van der Waals surface area contributed by atoms with Gasteiger partial charge in [-0.1, -0.05) is 34.8 Å². The number of halogens is 3. The van der Waals surface area contributed by atoms with Gasteiger partial charge in [0.05, 0.1) is 0 Å². The Balaban J connectivity index is 3.46. The first kappa shape index (κ1) is 20.3. The predicted molar refractivity (Wildman–Crippen MR) is 94.5 cm³/mol. The zero-order valence-electron chi connectivity index (χ0n) is 13.7. The minimum atomic E-state index is -2.00. The first-order valence-corrected chi connectivity index (χ1v) is 7.74. The number of nitrogens with zero attached hydrogens (tertiary/aromatic N) is 7. The van der Waals surface area contributed by atoms with Crippen molar-refractivity contribution in [1.82, 2.24) is 20.3 Å². The second kappa shape index (κ2) is 7.88. The molecule has 1 aromatic heterocycles. The van der Waals surface area contributed by atoms with Crippen LogP contribution in [0.1, 0.15) is 6.92 Å². The molecule has 1 N–H and O–H groups in total. The molecule has 1 atom stereocenters. The highest BCUT2D eigenvalue weighted by molar-refractivity contribution is 6.68. The fourth-order valence-electron chi connectivity index (χ4n) is 1.55. The number of carbonyl (C=O) groups is 1. The molecule has 0 saturated carbocycles. The van der Waals surface area contributed by atoms with Crippen LogP contribution < -0.4 is 20.0 Å². The van der Waals surface area contributed by atoms with E-state index in [9.17, 15) is 10.1 Å². The second-order valence-corrected chi connectivity index (χ2v) is 7.51. The van der Waals surface area contributed by atoms with Crippen LogP contribution in [0.3, 0.4) is 0 Å². The number of amides is 1. The van der Waals surface area contributed by atoms with E-state index < -0.39 is 15.9 Å². The number of rotatable bonds is 5. The lowest BCUT2D eigenvalue weighted by Crippen LogP contribution is -2.54. The average Bonchev–Trinajstić information content (AvgIpc) is 2.45. The van der Waals surface area contributed by atoms with Gasteiger partial charge >= 0.3 is 0 Å². The maximum absolute atomic E-state index is 11.4. The highest BCUT2D eigenvalue weighted by Crippen LogP contribution is 2.33. The summed E-state index contributed by atoms with van der Waals surface area (Å²) in [6.07, 6.45) is 0.544. The van der Waals surface area contributed by atoms with E-state index in [1.807, 2.05) is 6.19 Å². The van der Waals surface area contributed by atoms with Gasteiger partial charge in [0.25, 0.3) is 0 Å². The monoisotopic (exact) mass is 394 g/mol. The highest BCUT2D eigenvalue weighted by atomic mass is 35.6. The van der Waals surface area contributed by atoms with Crippen LogP contribution >= 0.6 is 34.8 Å². The van der Waals surface area contributed by atoms with E-state index in [0.29, 0.717) is 11.9 Å². The summed E-state index contributed by atoms with van der Waals surface area (Å²) in [6.45, 7) is 1.24. The van der Waals surface area contributed by atoms with Crippen LogP contribution in [0, 0.1) is 11.5 Å². The van der Waals surface area contributed by atoms with Gasteiger partial charge in [0, 0.05) is 35.1 Å². The van der Waals surface area contributed by atoms with E-state index >= 15 is 0 Å². The van der Waals surface area contributed by atoms with E-state index in [4.69, 9.17) is 34.8 Å². The first-order valence-electron chi connectivity index (χ1n) is 6.61. The maximum atomic E-state index is 11.4. The third kappa shape index (κ3) is 5.12. The van der Waals surface area contributed by atoms with Gasteiger partial charge in [-0.25, -0.2) is 4.90 Å². The molecule has 0 radical (unpaired) electrons. The molecule has 12 heteroatoms. The third-order valence-corrected chi connectivity index (χ3v) is 3.25. The molecule has 0 unspecified atom stereocenters. The first-order chi connectivity index (χ1) is 11.0. The summed E-state index contributed by atoms with van der Waals surface area (Å²) < 4.78 is -2.00. The van der Waals surface area contributed by atoms with Gasteiger partial charge in [-0.15, -0.1) is 0 Å². The Kier molecular flexibility index (Phi) is 6.66.